The molecule has 1 rings (SSSR count). The third-order valence-electron chi connectivity index (χ3n) is 3.19. The van der Waals surface area contributed by atoms with Crippen molar-refractivity contribution in [1.82, 2.24) is 4.98 Å². The summed E-state index contributed by atoms with van der Waals surface area (Å²) >= 11 is 0. The second-order valence-electron chi connectivity index (χ2n) is 4.60. The number of hydrogen-bond donors (Lipinski definition) is 0. The monoisotopic (exact) mass is 191 g/mol. The van der Waals surface area contributed by atoms with Crippen molar-refractivity contribution < 1.29 is 0 Å². The van der Waals surface area contributed by atoms with Gasteiger partial charge in [0.2, 0.25) is 0 Å². The SMILES string of the molecule is Cc1cc(C(C)C(C)C)c(C)nc1C. The first-order chi connectivity index (χ1) is 6.43. The van der Waals surface area contributed by atoms with Crippen LogP contribution in [0.5, 0.6) is 0 Å². The summed E-state index contributed by atoms with van der Waals surface area (Å²) in [5.41, 5.74) is 5.05. The van der Waals surface area contributed by atoms with E-state index in [2.05, 4.69) is 52.6 Å². The summed E-state index contributed by atoms with van der Waals surface area (Å²) in [6.45, 7) is 13.1. The highest BCUT2D eigenvalue weighted by molar-refractivity contribution is 5.31. The molecule has 0 saturated heterocycles. The van der Waals surface area contributed by atoms with Crippen molar-refractivity contribution >= 4 is 0 Å². The maximum absolute atomic E-state index is 4.58. The summed E-state index contributed by atoms with van der Waals surface area (Å²) < 4.78 is 0. The van der Waals surface area contributed by atoms with Crippen LogP contribution in [0.3, 0.4) is 0 Å². The number of aryl methyl sites for hydroxylation is 3. The van der Waals surface area contributed by atoms with Gasteiger partial charge in [-0.2, -0.15) is 0 Å². The average Bonchev–Trinajstić information content (AvgIpc) is 2.10. The van der Waals surface area contributed by atoms with Gasteiger partial charge in [-0.15, -0.1) is 0 Å². The quantitative estimate of drug-likeness (QED) is 0.693. The molecule has 0 aliphatic carbocycles. The highest BCUT2D eigenvalue weighted by atomic mass is 14.7. The Kier molecular flexibility index (Phi) is 3.30. The Morgan fingerprint density at radius 3 is 2.07 bits per heavy atom. The second kappa shape index (κ2) is 4.12. The van der Waals surface area contributed by atoms with E-state index in [1.807, 2.05) is 0 Å². The highest BCUT2D eigenvalue weighted by Gasteiger charge is 2.14. The summed E-state index contributed by atoms with van der Waals surface area (Å²) in [6.07, 6.45) is 0. The maximum atomic E-state index is 4.58. The van der Waals surface area contributed by atoms with Crippen molar-refractivity contribution in [2.24, 2.45) is 5.92 Å². The van der Waals surface area contributed by atoms with Crippen LogP contribution in [0.15, 0.2) is 6.07 Å². The van der Waals surface area contributed by atoms with Crippen LogP contribution < -0.4 is 0 Å². The molecule has 1 nitrogen and oxygen atoms in total. The van der Waals surface area contributed by atoms with Crippen LogP contribution in [-0.4, -0.2) is 4.98 Å². The van der Waals surface area contributed by atoms with Crippen molar-refractivity contribution in [1.29, 1.82) is 0 Å². The van der Waals surface area contributed by atoms with Crippen LogP contribution in [0.1, 0.15) is 49.2 Å². The van der Waals surface area contributed by atoms with Crippen molar-refractivity contribution in [3.63, 3.8) is 0 Å². The summed E-state index contributed by atoms with van der Waals surface area (Å²) in [5, 5.41) is 0. The van der Waals surface area contributed by atoms with E-state index < -0.39 is 0 Å². The molecular formula is C13H21N. The fourth-order valence-electron chi connectivity index (χ4n) is 1.67. The van der Waals surface area contributed by atoms with Gasteiger partial charge in [-0.05, 0) is 43.7 Å². The fourth-order valence-corrected chi connectivity index (χ4v) is 1.67. The molecule has 0 radical (unpaired) electrons. The lowest BCUT2D eigenvalue weighted by molar-refractivity contribution is 0.530. The molecule has 1 atom stereocenters. The molecule has 1 heterocycles. The first-order valence-corrected chi connectivity index (χ1v) is 5.38. The van der Waals surface area contributed by atoms with Crippen molar-refractivity contribution in [3.05, 3.63) is 28.6 Å². The zero-order valence-corrected chi connectivity index (χ0v) is 10.2. The van der Waals surface area contributed by atoms with Crippen LogP contribution in [0, 0.1) is 26.7 Å². The van der Waals surface area contributed by atoms with Crippen LogP contribution >= 0.6 is 0 Å². The molecular weight excluding hydrogens is 170 g/mol. The Bertz CT molecular complexity index is 326. The number of nitrogens with zero attached hydrogens (tertiary/aromatic N) is 1. The second-order valence-corrected chi connectivity index (χ2v) is 4.60. The van der Waals surface area contributed by atoms with E-state index in [1.165, 1.54) is 16.8 Å². The zero-order valence-electron chi connectivity index (χ0n) is 10.2. The van der Waals surface area contributed by atoms with Gasteiger partial charge >= 0.3 is 0 Å². The topological polar surface area (TPSA) is 12.9 Å². The van der Waals surface area contributed by atoms with Gasteiger partial charge in [0.1, 0.15) is 0 Å². The smallest absolute Gasteiger partial charge is 0.0410 e. The summed E-state index contributed by atoms with van der Waals surface area (Å²) in [6, 6.07) is 2.29. The summed E-state index contributed by atoms with van der Waals surface area (Å²) in [5.74, 6) is 1.28. The van der Waals surface area contributed by atoms with Crippen LogP contribution in [-0.2, 0) is 0 Å². The van der Waals surface area contributed by atoms with Crippen LogP contribution in [0.4, 0.5) is 0 Å². The summed E-state index contributed by atoms with van der Waals surface area (Å²) in [4.78, 5) is 4.58. The Morgan fingerprint density at radius 2 is 1.57 bits per heavy atom. The third-order valence-corrected chi connectivity index (χ3v) is 3.19. The van der Waals surface area contributed by atoms with E-state index in [-0.39, 0.29) is 0 Å². The molecule has 0 aliphatic rings. The minimum Gasteiger partial charge on any atom is -0.258 e. The molecule has 78 valence electrons. The summed E-state index contributed by atoms with van der Waals surface area (Å²) in [7, 11) is 0. The Balaban J connectivity index is 3.15. The largest absolute Gasteiger partial charge is 0.258 e. The normalized spacial score (nSPS) is 13.4. The van der Waals surface area contributed by atoms with Crippen molar-refractivity contribution in [2.75, 3.05) is 0 Å². The predicted octanol–water partition coefficient (Wildman–Crippen LogP) is 3.77. The van der Waals surface area contributed by atoms with Gasteiger partial charge in [0.25, 0.3) is 0 Å². The van der Waals surface area contributed by atoms with Gasteiger partial charge < -0.3 is 0 Å². The maximum Gasteiger partial charge on any atom is 0.0410 e. The minimum atomic E-state index is 0.599. The van der Waals surface area contributed by atoms with E-state index >= 15 is 0 Å². The molecule has 1 heteroatoms. The van der Waals surface area contributed by atoms with Crippen LogP contribution in [0.2, 0.25) is 0 Å². The number of aromatic nitrogens is 1. The number of rotatable bonds is 2. The van der Waals surface area contributed by atoms with E-state index in [0.717, 1.165) is 5.69 Å². The van der Waals surface area contributed by atoms with Crippen molar-refractivity contribution in [3.8, 4) is 0 Å². The van der Waals surface area contributed by atoms with E-state index in [4.69, 9.17) is 0 Å². The Morgan fingerprint density at radius 1 is 1.00 bits per heavy atom. The molecule has 0 saturated carbocycles. The average molecular weight is 191 g/mol. The van der Waals surface area contributed by atoms with Gasteiger partial charge in [0, 0.05) is 11.4 Å². The molecule has 1 aromatic heterocycles. The molecule has 0 amide bonds. The lowest BCUT2D eigenvalue weighted by Crippen LogP contribution is -2.07. The Labute approximate surface area is 87.6 Å². The molecule has 0 bridgehead atoms. The lowest BCUT2D eigenvalue weighted by Gasteiger charge is -2.19. The molecule has 14 heavy (non-hydrogen) atoms. The van der Waals surface area contributed by atoms with Gasteiger partial charge in [-0.3, -0.25) is 4.98 Å². The standard InChI is InChI=1S/C13H21N/c1-8(2)10(4)13-7-9(3)11(5)14-12(13)6/h7-8,10H,1-6H3. The molecule has 0 aromatic carbocycles. The first-order valence-electron chi connectivity index (χ1n) is 5.38. The molecule has 0 N–H and O–H groups in total. The van der Waals surface area contributed by atoms with Gasteiger partial charge in [0.05, 0.1) is 0 Å². The van der Waals surface area contributed by atoms with E-state index in [9.17, 15) is 0 Å². The molecule has 0 fully saturated rings. The van der Waals surface area contributed by atoms with Crippen LogP contribution in [0.25, 0.3) is 0 Å². The van der Waals surface area contributed by atoms with Gasteiger partial charge in [0.15, 0.2) is 0 Å². The zero-order chi connectivity index (χ0) is 10.9. The first kappa shape index (κ1) is 11.2. The molecule has 1 aromatic rings. The van der Waals surface area contributed by atoms with Crippen molar-refractivity contribution in [2.45, 2.75) is 47.5 Å². The van der Waals surface area contributed by atoms with E-state index in [1.54, 1.807) is 0 Å². The molecule has 1 unspecified atom stereocenters. The Hall–Kier alpha value is -0.850. The number of hydrogen-bond acceptors (Lipinski definition) is 1. The fraction of sp³-hybridized carbons (Fsp3) is 0.615. The van der Waals surface area contributed by atoms with Gasteiger partial charge in [-0.1, -0.05) is 26.8 Å². The van der Waals surface area contributed by atoms with E-state index in [0.29, 0.717) is 11.8 Å². The minimum absolute atomic E-state index is 0.599. The highest BCUT2D eigenvalue weighted by Crippen LogP contribution is 2.26. The number of pyridine rings is 1. The lowest BCUT2D eigenvalue weighted by atomic mass is 9.88. The molecule has 0 aliphatic heterocycles. The van der Waals surface area contributed by atoms with Gasteiger partial charge in [-0.25, -0.2) is 0 Å². The molecule has 0 spiro atoms. The third kappa shape index (κ3) is 2.14. The predicted molar refractivity (Wildman–Crippen MR) is 61.7 cm³/mol.